The summed E-state index contributed by atoms with van der Waals surface area (Å²) >= 11 is 0. The molecule has 0 radical (unpaired) electrons. The molecule has 0 aromatic heterocycles. The first-order valence-corrected chi connectivity index (χ1v) is 4.30. The number of carbonyl (C=O) groups is 2. The van der Waals surface area contributed by atoms with Crippen molar-refractivity contribution in [2.24, 2.45) is 0 Å². The number of nitrogens with one attached hydrogen (secondary N) is 1. The monoisotopic (exact) mass is 215 g/mol. The zero-order chi connectivity index (χ0) is 11.7. The van der Waals surface area contributed by atoms with Gasteiger partial charge in [-0.3, -0.25) is 0 Å². The van der Waals surface area contributed by atoms with Crippen molar-refractivity contribution in [1.82, 2.24) is 5.32 Å². The Hall–Kier alpha value is -1.58. The Morgan fingerprint density at radius 2 is 2.07 bits per heavy atom. The molecule has 0 spiro atoms. The van der Waals surface area contributed by atoms with E-state index in [0.29, 0.717) is 12.7 Å². The van der Waals surface area contributed by atoms with Gasteiger partial charge in [-0.25, -0.2) is 9.59 Å². The topological polar surface area (TPSA) is 95.9 Å². The van der Waals surface area contributed by atoms with Crippen molar-refractivity contribution in [3.05, 3.63) is 0 Å². The summed E-state index contributed by atoms with van der Waals surface area (Å²) in [7, 11) is 0. The summed E-state index contributed by atoms with van der Waals surface area (Å²) in [4.78, 5) is 18.2. The van der Waals surface area contributed by atoms with Crippen LogP contribution in [-0.2, 0) is 14.3 Å². The largest absolute Gasteiger partial charge is 0.473 e. The highest BCUT2D eigenvalue weighted by Crippen LogP contribution is 2.01. The predicted molar refractivity (Wildman–Crippen MR) is 51.3 cm³/mol. The van der Waals surface area contributed by atoms with Crippen LogP contribution in [0.1, 0.15) is 6.42 Å². The van der Waals surface area contributed by atoms with Crippen LogP contribution in [0.3, 0.4) is 0 Å². The molecule has 6 nitrogen and oxygen atoms in total. The van der Waals surface area contributed by atoms with E-state index in [-0.39, 0.29) is 0 Å². The Balaban J connectivity index is 0.000000288. The summed E-state index contributed by atoms with van der Waals surface area (Å²) in [6.45, 7) is 2.48. The lowest BCUT2D eigenvalue weighted by molar-refractivity contribution is -0.159. The minimum atomic E-state index is -1.82. The Labute approximate surface area is 87.2 Å². The maximum Gasteiger partial charge on any atom is 0.414 e. The third-order valence-electron chi connectivity index (χ3n) is 1.60. The fourth-order valence-corrected chi connectivity index (χ4v) is 0.936. The highest BCUT2D eigenvalue weighted by molar-refractivity contribution is 6.27. The maximum atomic E-state index is 9.10. The first-order valence-electron chi connectivity index (χ1n) is 4.30. The molecule has 0 aromatic carbocycles. The van der Waals surface area contributed by atoms with Crippen LogP contribution in [0.5, 0.6) is 0 Å². The van der Waals surface area contributed by atoms with Gasteiger partial charge in [0, 0.05) is 6.54 Å². The van der Waals surface area contributed by atoms with E-state index in [4.69, 9.17) is 31.0 Å². The molecular formula is C9H13NO5. The van der Waals surface area contributed by atoms with Gasteiger partial charge in [0.1, 0.15) is 6.61 Å². The fourth-order valence-electron chi connectivity index (χ4n) is 0.936. The molecule has 0 aromatic rings. The van der Waals surface area contributed by atoms with Crippen molar-refractivity contribution in [2.75, 3.05) is 19.7 Å². The van der Waals surface area contributed by atoms with E-state index in [9.17, 15) is 0 Å². The summed E-state index contributed by atoms with van der Waals surface area (Å²) < 4.78 is 5.25. The number of terminal acetylenes is 1. The van der Waals surface area contributed by atoms with Crippen molar-refractivity contribution in [2.45, 2.75) is 12.5 Å². The van der Waals surface area contributed by atoms with Gasteiger partial charge in [-0.05, 0) is 13.0 Å². The number of aliphatic carboxylic acids is 2. The van der Waals surface area contributed by atoms with Gasteiger partial charge in [-0.2, -0.15) is 0 Å². The molecule has 0 bridgehead atoms. The molecule has 0 amide bonds. The molecule has 15 heavy (non-hydrogen) atoms. The SMILES string of the molecule is C#CCOC1CCNC1.O=C(O)C(=O)O. The Bertz CT molecular complexity index is 240. The number of rotatable bonds is 2. The van der Waals surface area contributed by atoms with Crippen LogP contribution in [-0.4, -0.2) is 48.0 Å². The highest BCUT2D eigenvalue weighted by atomic mass is 16.5. The number of carboxylic acids is 2. The number of carboxylic acid groups (broad SMARTS) is 2. The standard InChI is InChI=1S/C7H11NO.C2H2O4/c1-2-5-9-7-3-4-8-6-7;3-1(4)2(5)6/h1,7-8H,3-6H2;(H,3,4)(H,5,6). The average Bonchev–Trinajstić information content (AvgIpc) is 2.68. The second kappa shape index (κ2) is 7.79. The molecular weight excluding hydrogens is 202 g/mol. The van der Waals surface area contributed by atoms with Gasteiger partial charge >= 0.3 is 11.9 Å². The molecule has 84 valence electrons. The summed E-state index contributed by atoms with van der Waals surface area (Å²) in [5.74, 6) is -1.20. The minimum absolute atomic E-state index is 0.362. The van der Waals surface area contributed by atoms with Crippen molar-refractivity contribution < 1.29 is 24.5 Å². The van der Waals surface area contributed by atoms with Gasteiger partial charge in [-0.1, -0.05) is 5.92 Å². The maximum absolute atomic E-state index is 9.10. The molecule has 3 N–H and O–H groups in total. The molecule has 0 saturated carbocycles. The van der Waals surface area contributed by atoms with E-state index >= 15 is 0 Å². The molecule has 1 fully saturated rings. The summed E-state index contributed by atoms with van der Waals surface area (Å²) in [6, 6.07) is 0. The third kappa shape index (κ3) is 7.49. The van der Waals surface area contributed by atoms with Crippen LogP contribution >= 0.6 is 0 Å². The van der Waals surface area contributed by atoms with Gasteiger partial charge < -0.3 is 20.3 Å². The molecule has 6 heteroatoms. The smallest absolute Gasteiger partial charge is 0.414 e. The van der Waals surface area contributed by atoms with E-state index in [1.165, 1.54) is 0 Å². The van der Waals surface area contributed by atoms with Crippen LogP contribution in [0.4, 0.5) is 0 Å². The zero-order valence-corrected chi connectivity index (χ0v) is 8.10. The van der Waals surface area contributed by atoms with Crippen molar-refractivity contribution in [1.29, 1.82) is 0 Å². The van der Waals surface area contributed by atoms with Crippen LogP contribution < -0.4 is 5.32 Å². The Kier molecular flexibility index (Phi) is 6.97. The van der Waals surface area contributed by atoms with Crippen LogP contribution in [0.25, 0.3) is 0 Å². The molecule has 0 aliphatic carbocycles. The number of hydrogen-bond acceptors (Lipinski definition) is 4. The summed E-state index contributed by atoms with van der Waals surface area (Å²) in [5, 5.41) is 18.0. The predicted octanol–water partition coefficient (Wildman–Crippen LogP) is -0.846. The van der Waals surface area contributed by atoms with E-state index < -0.39 is 11.9 Å². The van der Waals surface area contributed by atoms with E-state index in [1.54, 1.807) is 0 Å². The average molecular weight is 215 g/mol. The second-order valence-electron chi connectivity index (χ2n) is 2.74. The van der Waals surface area contributed by atoms with Crippen LogP contribution in [0.2, 0.25) is 0 Å². The van der Waals surface area contributed by atoms with Gasteiger partial charge in [0.15, 0.2) is 0 Å². The lowest BCUT2D eigenvalue weighted by atomic mass is 10.3. The molecule has 1 saturated heterocycles. The van der Waals surface area contributed by atoms with E-state index in [0.717, 1.165) is 19.5 Å². The van der Waals surface area contributed by atoms with Crippen molar-refractivity contribution in [3.63, 3.8) is 0 Å². The second-order valence-corrected chi connectivity index (χ2v) is 2.74. The van der Waals surface area contributed by atoms with Crippen LogP contribution in [0.15, 0.2) is 0 Å². The number of hydrogen-bond donors (Lipinski definition) is 3. The van der Waals surface area contributed by atoms with Gasteiger partial charge in [0.25, 0.3) is 0 Å². The first-order chi connectivity index (χ1) is 7.07. The first kappa shape index (κ1) is 13.4. The number of ether oxygens (including phenoxy) is 1. The molecule has 1 rings (SSSR count). The van der Waals surface area contributed by atoms with E-state index in [1.807, 2.05) is 0 Å². The summed E-state index contributed by atoms with van der Waals surface area (Å²) in [6.07, 6.45) is 6.47. The zero-order valence-electron chi connectivity index (χ0n) is 8.10. The summed E-state index contributed by atoms with van der Waals surface area (Å²) in [5.41, 5.74) is 0. The minimum Gasteiger partial charge on any atom is -0.473 e. The fraction of sp³-hybridized carbons (Fsp3) is 0.556. The highest BCUT2D eigenvalue weighted by Gasteiger charge is 2.13. The Morgan fingerprint density at radius 1 is 1.47 bits per heavy atom. The van der Waals surface area contributed by atoms with Gasteiger partial charge in [-0.15, -0.1) is 6.42 Å². The molecule has 1 aliphatic rings. The van der Waals surface area contributed by atoms with E-state index in [2.05, 4.69) is 11.2 Å². The Morgan fingerprint density at radius 3 is 2.40 bits per heavy atom. The quantitative estimate of drug-likeness (QED) is 0.410. The third-order valence-corrected chi connectivity index (χ3v) is 1.60. The van der Waals surface area contributed by atoms with Crippen molar-refractivity contribution in [3.8, 4) is 12.3 Å². The molecule has 1 aliphatic heterocycles. The van der Waals surface area contributed by atoms with Gasteiger partial charge in [0.05, 0.1) is 6.10 Å². The van der Waals surface area contributed by atoms with Gasteiger partial charge in [0.2, 0.25) is 0 Å². The lowest BCUT2D eigenvalue weighted by Crippen LogP contribution is -2.16. The molecule has 1 unspecified atom stereocenters. The molecule has 1 atom stereocenters. The normalized spacial score (nSPS) is 18.5. The molecule has 1 heterocycles. The van der Waals surface area contributed by atoms with Crippen LogP contribution in [0, 0.1) is 12.3 Å². The lowest BCUT2D eigenvalue weighted by Gasteiger charge is -2.05. The van der Waals surface area contributed by atoms with Crippen molar-refractivity contribution >= 4 is 11.9 Å².